The number of carboxylic acid groups (broad SMARTS) is 1. The Balaban J connectivity index is 4.22. The van der Waals surface area contributed by atoms with E-state index in [1.807, 2.05) is 6.92 Å². The molecule has 0 aliphatic rings. The van der Waals surface area contributed by atoms with Gasteiger partial charge in [-0.15, -0.1) is 6.58 Å². The molecule has 0 spiro atoms. The van der Waals surface area contributed by atoms with Crippen LogP contribution in [0, 0.1) is 0 Å². The molecule has 7 heteroatoms. The Bertz CT molecular complexity index is 344. The summed E-state index contributed by atoms with van der Waals surface area (Å²) in [6.07, 6.45) is 1.45. The van der Waals surface area contributed by atoms with Crippen LogP contribution >= 0.6 is 0 Å². The average molecular weight is 271 g/mol. The minimum Gasteiger partial charge on any atom is -0.481 e. The topological polar surface area (TPSA) is 98.7 Å². The number of nitrogens with zero attached hydrogens (tertiary/aromatic N) is 1. The van der Waals surface area contributed by atoms with Gasteiger partial charge in [0.25, 0.3) is 0 Å². The van der Waals surface area contributed by atoms with E-state index in [9.17, 15) is 14.4 Å². The molecule has 0 bridgehead atoms. The van der Waals surface area contributed by atoms with Gasteiger partial charge in [0.2, 0.25) is 5.91 Å². The van der Waals surface area contributed by atoms with Crippen LogP contribution in [0.2, 0.25) is 0 Å². The molecule has 3 amide bonds. The quantitative estimate of drug-likeness (QED) is 0.547. The molecule has 0 saturated heterocycles. The zero-order chi connectivity index (χ0) is 14.8. The maximum Gasteiger partial charge on any atom is 0.321 e. The van der Waals surface area contributed by atoms with E-state index in [4.69, 9.17) is 5.11 Å². The number of imide groups is 1. The number of carbonyl (C=O) groups is 3. The van der Waals surface area contributed by atoms with Crippen molar-refractivity contribution in [2.24, 2.45) is 0 Å². The molecule has 0 heterocycles. The Hall–Kier alpha value is -1.89. The zero-order valence-corrected chi connectivity index (χ0v) is 11.3. The molecule has 7 nitrogen and oxygen atoms in total. The average Bonchev–Trinajstić information content (AvgIpc) is 2.32. The lowest BCUT2D eigenvalue weighted by Gasteiger charge is -2.25. The maximum atomic E-state index is 11.6. The third-order valence-corrected chi connectivity index (χ3v) is 2.51. The third-order valence-electron chi connectivity index (χ3n) is 2.51. The van der Waals surface area contributed by atoms with Crippen LogP contribution in [0.4, 0.5) is 4.79 Å². The summed E-state index contributed by atoms with van der Waals surface area (Å²) in [5, 5.41) is 13.3. The summed E-state index contributed by atoms with van der Waals surface area (Å²) in [4.78, 5) is 35.1. The second-order valence-electron chi connectivity index (χ2n) is 4.06. The van der Waals surface area contributed by atoms with E-state index in [0.717, 1.165) is 0 Å². The first kappa shape index (κ1) is 17.1. The molecule has 1 unspecified atom stereocenters. The number of amides is 3. The molecule has 0 fully saturated rings. The van der Waals surface area contributed by atoms with E-state index >= 15 is 0 Å². The first-order valence-corrected chi connectivity index (χ1v) is 6.05. The van der Waals surface area contributed by atoms with Crippen molar-refractivity contribution in [1.29, 1.82) is 0 Å². The molecule has 0 rings (SSSR count). The van der Waals surface area contributed by atoms with E-state index < -0.39 is 17.9 Å². The summed E-state index contributed by atoms with van der Waals surface area (Å²) in [6, 6.07) is -0.865. The lowest BCUT2D eigenvalue weighted by atomic mass is 10.2. The van der Waals surface area contributed by atoms with Crippen LogP contribution < -0.4 is 10.6 Å². The summed E-state index contributed by atoms with van der Waals surface area (Å²) < 4.78 is 0. The Labute approximate surface area is 112 Å². The van der Waals surface area contributed by atoms with Gasteiger partial charge in [0.15, 0.2) is 0 Å². The lowest BCUT2D eigenvalue weighted by molar-refractivity contribution is -0.138. The number of aliphatic carboxylic acids is 1. The number of rotatable bonds is 8. The molecule has 0 aliphatic carbocycles. The zero-order valence-electron chi connectivity index (χ0n) is 11.3. The van der Waals surface area contributed by atoms with Gasteiger partial charge >= 0.3 is 12.0 Å². The molecular formula is C12H21N3O4. The van der Waals surface area contributed by atoms with Crippen molar-refractivity contribution in [3.05, 3.63) is 12.7 Å². The molecule has 0 aromatic heterocycles. The summed E-state index contributed by atoms with van der Waals surface area (Å²) in [5.74, 6) is -1.39. The molecule has 3 N–H and O–H groups in total. The van der Waals surface area contributed by atoms with Crippen LogP contribution in [0.3, 0.4) is 0 Å². The summed E-state index contributed by atoms with van der Waals surface area (Å²) in [5.41, 5.74) is 0. The molecular weight excluding hydrogens is 250 g/mol. The number of likely N-dealkylation sites (N-methyl/N-ethyl adjacent to an activating group) is 1. The van der Waals surface area contributed by atoms with Gasteiger partial charge < -0.3 is 10.4 Å². The number of carbonyl (C=O) groups excluding carboxylic acids is 2. The van der Waals surface area contributed by atoms with Crippen LogP contribution in [0.15, 0.2) is 12.7 Å². The van der Waals surface area contributed by atoms with Crippen molar-refractivity contribution < 1.29 is 19.5 Å². The van der Waals surface area contributed by atoms with Crippen LogP contribution in [-0.4, -0.2) is 53.6 Å². The molecule has 0 aromatic rings. The highest BCUT2D eigenvalue weighted by atomic mass is 16.4. The molecule has 108 valence electrons. The third kappa shape index (κ3) is 7.93. The van der Waals surface area contributed by atoms with Crippen molar-refractivity contribution >= 4 is 17.9 Å². The lowest BCUT2D eigenvalue weighted by Crippen LogP contribution is -2.46. The summed E-state index contributed by atoms with van der Waals surface area (Å²) in [7, 11) is 0. The molecule has 0 aromatic carbocycles. The Morgan fingerprint density at radius 1 is 1.42 bits per heavy atom. The van der Waals surface area contributed by atoms with Crippen LogP contribution in [0.1, 0.15) is 20.3 Å². The van der Waals surface area contributed by atoms with Crippen LogP contribution in [0.5, 0.6) is 0 Å². The van der Waals surface area contributed by atoms with Gasteiger partial charge in [-0.1, -0.05) is 13.0 Å². The molecule has 0 saturated carbocycles. The summed E-state index contributed by atoms with van der Waals surface area (Å²) >= 11 is 0. The predicted molar refractivity (Wildman–Crippen MR) is 70.7 cm³/mol. The van der Waals surface area contributed by atoms with Gasteiger partial charge in [-0.3, -0.25) is 19.8 Å². The minimum atomic E-state index is -0.921. The highest BCUT2D eigenvalue weighted by molar-refractivity contribution is 5.95. The maximum absolute atomic E-state index is 11.6. The second kappa shape index (κ2) is 9.09. The molecule has 0 aliphatic heterocycles. The van der Waals surface area contributed by atoms with Crippen molar-refractivity contribution in [1.82, 2.24) is 15.5 Å². The second-order valence-corrected chi connectivity index (χ2v) is 4.06. The highest BCUT2D eigenvalue weighted by Gasteiger charge is 2.19. The standard InChI is InChI=1S/C12H21N3O4/c1-4-6-13-12(19)14-10(16)8-15(5-2)9(3)7-11(17)18/h4,9H,1,5-8H2,2-3H3,(H,17,18)(H2,13,14,16,19). The molecule has 19 heavy (non-hydrogen) atoms. The number of hydrogen-bond donors (Lipinski definition) is 3. The fourth-order valence-electron chi connectivity index (χ4n) is 1.52. The smallest absolute Gasteiger partial charge is 0.321 e. The first-order chi connectivity index (χ1) is 8.90. The van der Waals surface area contributed by atoms with Crippen molar-refractivity contribution in [3.8, 4) is 0 Å². The van der Waals surface area contributed by atoms with Crippen molar-refractivity contribution in [3.63, 3.8) is 0 Å². The fraction of sp³-hybridized carbons (Fsp3) is 0.583. The number of hydrogen-bond acceptors (Lipinski definition) is 4. The highest BCUT2D eigenvalue weighted by Crippen LogP contribution is 2.03. The van der Waals surface area contributed by atoms with E-state index in [2.05, 4.69) is 17.2 Å². The monoisotopic (exact) mass is 271 g/mol. The van der Waals surface area contributed by atoms with E-state index in [1.54, 1.807) is 11.8 Å². The van der Waals surface area contributed by atoms with E-state index in [1.165, 1.54) is 6.08 Å². The largest absolute Gasteiger partial charge is 0.481 e. The molecule has 0 radical (unpaired) electrons. The normalized spacial score (nSPS) is 11.7. The Kier molecular flexibility index (Phi) is 8.19. The number of nitrogens with one attached hydrogen (secondary N) is 2. The number of urea groups is 1. The summed E-state index contributed by atoms with van der Waals surface area (Å²) in [6.45, 7) is 7.75. The van der Waals surface area contributed by atoms with Crippen molar-refractivity contribution in [2.75, 3.05) is 19.6 Å². The van der Waals surface area contributed by atoms with Crippen molar-refractivity contribution in [2.45, 2.75) is 26.3 Å². The minimum absolute atomic E-state index is 0.0214. The van der Waals surface area contributed by atoms with Gasteiger partial charge in [-0.25, -0.2) is 4.79 Å². The number of carboxylic acids is 1. The van der Waals surface area contributed by atoms with Gasteiger partial charge in [0.1, 0.15) is 0 Å². The Morgan fingerprint density at radius 2 is 2.05 bits per heavy atom. The van der Waals surface area contributed by atoms with Crippen LogP contribution in [-0.2, 0) is 9.59 Å². The van der Waals surface area contributed by atoms with Crippen LogP contribution in [0.25, 0.3) is 0 Å². The van der Waals surface area contributed by atoms with E-state index in [0.29, 0.717) is 6.54 Å². The van der Waals surface area contributed by atoms with Gasteiger partial charge in [-0.2, -0.15) is 0 Å². The van der Waals surface area contributed by atoms with E-state index in [-0.39, 0.29) is 25.6 Å². The first-order valence-electron chi connectivity index (χ1n) is 6.05. The van der Waals surface area contributed by atoms with Gasteiger partial charge in [-0.05, 0) is 13.5 Å². The predicted octanol–water partition coefficient (Wildman–Crippen LogP) is 0.183. The van der Waals surface area contributed by atoms with Gasteiger partial charge in [0, 0.05) is 12.6 Å². The fourth-order valence-corrected chi connectivity index (χ4v) is 1.52. The SMILES string of the molecule is C=CCNC(=O)NC(=O)CN(CC)C(C)CC(=O)O. The molecule has 1 atom stereocenters. The van der Waals surface area contributed by atoms with Gasteiger partial charge in [0.05, 0.1) is 13.0 Å². The Morgan fingerprint density at radius 3 is 2.53 bits per heavy atom.